The lowest BCUT2D eigenvalue weighted by molar-refractivity contribution is -0.0498. The van der Waals surface area contributed by atoms with E-state index in [4.69, 9.17) is 16.9 Å². The van der Waals surface area contributed by atoms with Crippen molar-refractivity contribution >= 4 is 11.6 Å². The summed E-state index contributed by atoms with van der Waals surface area (Å²) in [5.41, 5.74) is -0.0277. The number of pyridine rings is 1. The first-order chi connectivity index (χ1) is 6.13. The first kappa shape index (κ1) is 9.68. The second kappa shape index (κ2) is 4.01. The van der Waals surface area contributed by atoms with E-state index in [0.29, 0.717) is 0 Å². The van der Waals surface area contributed by atoms with Crippen LogP contribution in [0.15, 0.2) is 12.3 Å². The zero-order valence-electron chi connectivity index (χ0n) is 6.17. The fourth-order valence-electron chi connectivity index (χ4n) is 0.668. The number of hydrogen-bond donors (Lipinski definition) is 0. The number of ether oxygens (including phenoxy) is 1. The Balaban J connectivity index is 2.99. The Labute approximate surface area is 77.5 Å². The fourth-order valence-corrected chi connectivity index (χ4v) is 0.816. The summed E-state index contributed by atoms with van der Waals surface area (Å²) in [6.07, 6.45) is 1.08. The van der Waals surface area contributed by atoms with Crippen LogP contribution in [-0.4, -0.2) is 11.6 Å². The minimum absolute atomic E-state index is 0.0277. The first-order valence-corrected chi connectivity index (χ1v) is 3.51. The highest BCUT2D eigenvalue weighted by Crippen LogP contribution is 2.25. The van der Waals surface area contributed by atoms with Gasteiger partial charge in [-0.15, -0.1) is 0 Å². The van der Waals surface area contributed by atoms with Crippen molar-refractivity contribution in [3.63, 3.8) is 0 Å². The van der Waals surface area contributed by atoms with Gasteiger partial charge in [0.15, 0.2) is 0 Å². The van der Waals surface area contributed by atoms with Crippen LogP contribution >= 0.6 is 11.6 Å². The van der Waals surface area contributed by atoms with Crippen molar-refractivity contribution in [3.8, 4) is 11.8 Å². The number of hydrogen-bond acceptors (Lipinski definition) is 3. The van der Waals surface area contributed by atoms with E-state index in [1.165, 1.54) is 0 Å². The molecule has 0 N–H and O–H groups in total. The molecule has 0 aliphatic carbocycles. The van der Waals surface area contributed by atoms with Crippen LogP contribution in [0.2, 0.25) is 5.02 Å². The summed E-state index contributed by atoms with van der Waals surface area (Å²) in [4.78, 5) is 3.55. The van der Waals surface area contributed by atoms with Gasteiger partial charge in [-0.2, -0.15) is 14.0 Å². The zero-order valence-corrected chi connectivity index (χ0v) is 6.92. The molecule has 1 heterocycles. The molecule has 0 spiro atoms. The Bertz CT molecular complexity index is 351. The molecule has 0 aliphatic heterocycles. The van der Waals surface area contributed by atoms with Crippen LogP contribution in [0.3, 0.4) is 0 Å². The molecule has 0 bridgehead atoms. The smallest absolute Gasteiger partial charge is 0.387 e. The van der Waals surface area contributed by atoms with Gasteiger partial charge in [0.05, 0.1) is 6.20 Å². The van der Waals surface area contributed by atoms with Crippen molar-refractivity contribution in [3.05, 3.63) is 23.0 Å². The van der Waals surface area contributed by atoms with E-state index < -0.39 is 6.61 Å². The lowest BCUT2D eigenvalue weighted by Crippen LogP contribution is -2.03. The molecule has 0 aromatic carbocycles. The lowest BCUT2D eigenvalue weighted by Gasteiger charge is -2.05. The number of rotatable bonds is 2. The summed E-state index contributed by atoms with van der Waals surface area (Å²) in [6.45, 7) is -2.97. The average molecular weight is 205 g/mol. The lowest BCUT2D eigenvalue weighted by atomic mass is 10.3. The standard InChI is InChI=1S/C7H3ClF2N2O/c8-5-3-12-4(2-11)1-6(5)13-7(9)10/h1,3,7H. The van der Waals surface area contributed by atoms with Crippen LogP contribution in [-0.2, 0) is 0 Å². The highest BCUT2D eigenvalue weighted by molar-refractivity contribution is 6.31. The predicted molar refractivity (Wildman–Crippen MR) is 40.6 cm³/mol. The largest absolute Gasteiger partial charge is 0.433 e. The van der Waals surface area contributed by atoms with Gasteiger partial charge in [-0.05, 0) is 0 Å². The Morgan fingerprint density at radius 2 is 2.31 bits per heavy atom. The predicted octanol–water partition coefficient (Wildman–Crippen LogP) is 2.21. The molecule has 1 aromatic rings. The van der Waals surface area contributed by atoms with Crippen LogP contribution in [0.5, 0.6) is 5.75 Å². The second-order valence-corrected chi connectivity index (χ2v) is 2.40. The number of aromatic nitrogens is 1. The average Bonchev–Trinajstić information content (AvgIpc) is 2.08. The maximum Gasteiger partial charge on any atom is 0.387 e. The van der Waals surface area contributed by atoms with Crippen LogP contribution in [0.4, 0.5) is 8.78 Å². The summed E-state index contributed by atoms with van der Waals surface area (Å²) in [5, 5.41) is 8.33. The summed E-state index contributed by atoms with van der Waals surface area (Å²) >= 11 is 5.47. The van der Waals surface area contributed by atoms with E-state index in [0.717, 1.165) is 12.3 Å². The fraction of sp³-hybridized carbons (Fsp3) is 0.143. The summed E-state index contributed by atoms with van der Waals surface area (Å²) in [7, 11) is 0. The summed E-state index contributed by atoms with van der Waals surface area (Å²) in [5.74, 6) is -0.247. The van der Waals surface area contributed by atoms with E-state index in [9.17, 15) is 8.78 Å². The molecule has 68 valence electrons. The molecule has 0 saturated heterocycles. The van der Waals surface area contributed by atoms with Gasteiger partial charge < -0.3 is 4.74 Å². The van der Waals surface area contributed by atoms with Gasteiger partial charge in [-0.25, -0.2) is 4.98 Å². The SMILES string of the molecule is N#Cc1cc(OC(F)F)c(Cl)cn1. The molecular weight excluding hydrogens is 202 g/mol. The zero-order chi connectivity index (χ0) is 9.84. The first-order valence-electron chi connectivity index (χ1n) is 3.14. The molecule has 0 atom stereocenters. The minimum Gasteiger partial charge on any atom is -0.433 e. The Morgan fingerprint density at radius 3 is 2.85 bits per heavy atom. The van der Waals surface area contributed by atoms with Crippen LogP contribution in [0, 0.1) is 11.3 Å². The maximum absolute atomic E-state index is 11.8. The third-order valence-electron chi connectivity index (χ3n) is 1.15. The molecule has 6 heteroatoms. The van der Waals surface area contributed by atoms with E-state index >= 15 is 0 Å². The van der Waals surface area contributed by atoms with Crippen molar-refractivity contribution in [1.82, 2.24) is 4.98 Å². The molecule has 0 aliphatic rings. The molecule has 3 nitrogen and oxygen atoms in total. The van der Waals surface area contributed by atoms with Crippen LogP contribution in [0.25, 0.3) is 0 Å². The third-order valence-corrected chi connectivity index (χ3v) is 1.43. The highest BCUT2D eigenvalue weighted by Gasteiger charge is 2.09. The molecule has 13 heavy (non-hydrogen) atoms. The van der Waals surface area contributed by atoms with Gasteiger partial charge in [-0.3, -0.25) is 0 Å². The van der Waals surface area contributed by atoms with Crippen LogP contribution < -0.4 is 4.74 Å². The summed E-state index contributed by atoms with van der Waals surface area (Å²) in [6, 6.07) is 2.72. The Morgan fingerprint density at radius 1 is 1.62 bits per heavy atom. The molecule has 1 aromatic heterocycles. The van der Waals surface area contributed by atoms with Gasteiger partial charge in [-0.1, -0.05) is 11.6 Å². The molecule has 0 amide bonds. The summed E-state index contributed by atoms with van der Waals surface area (Å²) < 4.78 is 27.5. The van der Waals surface area contributed by atoms with Gasteiger partial charge in [0, 0.05) is 6.07 Å². The molecule has 0 fully saturated rings. The van der Waals surface area contributed by atoms with Crippen molar-refractivity contribution in [1.29, 1.82) is 5.26 Å². The van der Waals surface area contributed by atoms with Gasteiger partial charge in [0.2, 0.25) is 0 Å². The number of halogens is 3. The quantitative estimate of drug-likeness (QED) is 0.742. The van der Waals surface area contributed by atoms with E-state index in [1.54, 1.807) is 6.07 Å². The van der Waals surface area contributed by atoms with Crippen LogP contribution in [0.1, 0.15) is 5.69 Å². The van der Waals surface area contributed by atoms with Crippen molar-refractivity contribution < 1.29 is 13.5 Å². The van der Waals surface area contributed by atoms with Crippen molar-refractivity contribution in [2.24, 2.45) is 0 Å². The molecule has 1 rings (SSSR count). The third kappa shape index (κ3) is 2.53. The van der Waals surface area contributed by atoms with Gasteiger partial charge >= 0.3 is 6.61 Å². The van der Waals surface area contributed by atoms with Crippen molar-refractivity contribution in [2.75, 3.05) is 0 Å². The normalized spacial score (nSPS) is 9.77. The van der Waals surface area contributed by atoms with E-state index in [2.05, 4.69) is 9.72 Å². The van der Waals surface area contributed by atoms with Crippen molar-refractivity contribution in [2.45, 2.75) is 6.61 Å². The molecule has 0 radical (unpaired) electrons. The minimum atomic E-state index is -2.97. The molecule has 0 saturated carbocycles. The van der Waals surface area contributed by atoms with Gasteiger partial charge in [0.1, 0.15) is 22.5 Å². The second-order valence-electron chi connectivity index (χ2n) is 1.99. The number of alkyl halides is 2. The number of nitriles is 1. The Kier molecular flexibility index (Phi) is 2.98. The van der Waals surface area contributed by atoms with E-state index in [-0.39, 0.29) is 16.5 Å². The Hall–Kier alpha value is -1.41. The van der Waals surface area contributed by atoms with E-state index in [1.807, 2.05) is 0 Å². The highest BCUT2D eigenvalue weighted by atomic mass is 35.5. The maximum atomic E-state index is 11.8. The molecule has 0 unspecified atom stereocenters. The van der Waals surface area contributed by atoms with Gasteiger partial charge in [0.25, 0.3) is 0 Å². The molecular formula is C7H3ClF2N2O. The topological polar surface area (TPSA) is 45.9 Å². The monoisotopic (exact) mass is 204 g/mol. The number of nitrogens with zero attached hydrogens (tertiary/aromatic N) is 2.